The van der Waals surface area contributed by atoms with Crippen LogP contribution in [0.15, 0.2) is 30.6 Å². The molecule has 2 N–H and O–H groups in total. The fourth-order valence-electron chi connectivity index (χ4n) is 3.24. The van der Waals surface area contributed by atoms with E-state index in [9.17, 15) is 9.59 Å². The third-order valence-electron chi connectivity index (χ3n) is 4.43. The van der Waals surface area contributed by atoms with Gasteiger partial charge in [0.15, 0.2) is 0 Å². The Morgan fingerprint density at radius 3 is 2.71 bits per heavy atom. The highest BCUT2D eigenvalue weighted by Crippen LogP contribution is 2.35. The lowest BCUT2D eigenvalue weighted by molar-refractivity contribution is -0.136. The molecule has 126 valence electrons. The van der Waals surface area contributed by atoms with E-state index in [1.54, 1.807) is 28.9 Å². The van der Waals surface area contributed by atoms with Gasteiger partial charge in [-0.3, -0.25) is 9.59 Å². The Labute approximate surface area is 138 Å². The van der Waals surface area contributed by atoms with Crippen LogP contribution in [-0.2, 0) is 21.5 Å². The number of carboxylic acids is 1. The van der Waals surface area contributed by atoms with Crippen molar-refractivity contribution >= 4 is 17.6 Å². The fourth-order valence-corrected chi connectivity index (χ4v) is 3.24. The van der Waals surface area contributed by atoms with Gasteiger partial charge in [-0.15, -0.1) is 5.10 Å². The van der Waals surface area contributed by atoms with E-state index in [2.05, 4.69) is 20.8 Å². The number of hydrogen-bond donors (Lipinski definition) is 2. The van der Waals surface area contributed by atoms with Crippen molar-refractivity contribution in [1.82, 2.24) is 20.2 Å². The first kappa shape index (κ1) is 16.1. The predicted octanol–water partition coefficient (Wildman–Crippen LogP) is 1.60. The largest absolute Gasteiger partial charge is 0.481 e. The van der Waals surface area contributed by atoms with Crippen molar-refractivity contribution in [2.45, 2.75) is 44.1 Å². The van der Waals surface area contributed by atoms with Crippen LogP contribution in [0.2, 0.25) is 0 Å². The number of aliphatic carboxylic acids is 1. The van der Waals surface area contributed by atoms with Crippen LogP contribution in [0.1, 0.15) is 37.7 Å². The molecule has 0 aliphatic heterocycles. The van der Waals surface area contributed by atoms with Gasteiger partial charge in [0, 0.05) is 5.69 Å². The van der Waals surface area contributed by atoms with Gasteiger partial charge in [0.1, 0.15) is 11.9 Å². The van der Waals surface area contributed by atoms with Crippen LogP contribution in [0, 0.1) is 0 Å². The van der Waals surface area contributed by atoms with Crippen LogP contribution in [0.4, 0.5) is 5.69 Å². The molecule has 3 rings (SSSR count). The number of benzene rings is 1. The highest BCUT2D eigenvalue weighted by molar-refractivity contribution is 5.96. The van der Waals surface area contributed by atoms with Gasteiger partial charge in [-0.25, -0.2) is 4.68 Å². The normalized spacial score (nSPS) is 16.5. The molecule has 2 aromatic rings. The monoisotopic (exact) mass is 329 g/mol. The molecule has 1 amide bonds. The summed E-state index contributed by atoms with van der Waals surface area (Å²) < 4.78 is 1.54. The molecule has 1 fully saturated rings. The third-order valence-corrected chi connectivity index (χ3v) is 4.43. The van der Waals surface area contributed by atoms with Crippen LogP contribution in [0.25, 0.3) is 0 Å². The van der Waals surface area contributed by atoms with E-state index < -0.39 is 11.5 Å². The first-order valence-electron chi connectivity index (χ1n) is 7.96. The summed E-state index contributed by atoms with van der Waals surface area (Å²) in [5.41, 5.74) is 0.432. The number of amides is 1. The van der Waals surface area contributed by atoms with E-state index in [-0.39, 0.29) is 12.3 Å². The number of carboxylic acid groups (broad SMARTS) is 1. The molecule has 1 saturated carbocycles. The molecule has 24 heavy (non-hydrogen) atoms. The third kappa shape index (κ3) is 3.27. The Morgan fingerprint density at radius 1 is 1.25 bits per heavy atom. The SMILES string of the molecule is O=C(O)Cc1cccc(NC(=O)C2(n3cnnn3)CCCCC2)c1. The summed E-state index contributed by atoms with van der Waals surface area (Å²) >= 11 is 0. The molecule has 0 unspecified atom stereocenters. The van der Waals surface area contributed by atoms with Crippen LogP contribution >= 0.6 is 0 Å². The molecule has 8 nitrogen and oxygen atoms in total. The van der Waals surface area contributed by atoms with Crippen molar-refractivity contribution in [3.63, 3.8) is 0 Å². The maximum Gasteiger partial charge on any atom is 0.307 e. The first-order chi connectivity index (χ1) is 11.6. The van der Waals surface area contributed by atoms with E-state index in [0.29, 0.717) is 24.1 Å². The zero-order valence-electron chi connectivity index (χ0n) is 13.2. The number of carbonyl (C=O) groups excluding carboxylic acids is 1. The molecule has 1 heterocycles. The summed E-state index contributed by atoms with van der Waals surface area (Å²) in [7, 11) is 0. The Kier molecular flexibility index (Phi) is 4.54. The van der Waals surface area contributed by atoms with Gasteiger partial charge in [0.05, 0.1) is 6.42 Å². The molecule has 1 aromatic carbocycles. The van der Waals surface area contributed by atoms with Gasteiger partial charge in [-0.2, -0.15) is 0 Å². The molecule has 8 heteroatoms. The molecule has 1 aliphatic carbocycles. The van der Waals surface area contributed by atoms with E-state index in [0.717, 1.165) is 19.3 Å². The maximum absolute atomic E-state index is 13.0. The number of hydrogen-bond acceptors (Lipinski definition) is 5. The minimum absolute atomic E-state index is 0.0815. The van der Waals surface area contributed by atoms with E-state index >= 15 is 0 Å². The minimum atomic E-state index is -0.907. The molecular formula is C16H19N5O3. The van der Waals surface area contributed by atoms with Gasteiger partial charge in [-0.1, -0.05) is 31.4 Å². The van der Waals surface area contributed by atoms with Crippen molar-refractivity contribution < 1.29 is 14.7 Å². The van der Waals surface area contributed by atoms with E-state index in [4.69, 9.17) is 5.11 Å². The second-order valence-electron chi connectivity index (χ2n) is 6.07. The Morgan fingerprint density at radius 2 is 2.04 bits per heavy atom. The first-order valence-corrected chi connectivity index (χ1v) is 7.96. The van der Waals surface area contributed by atoms with Crippen LogP contribution in [0.5, 0.6) is 0 Å². The number of carbonyl (C=O) groups is 2. The van der Waals surface area contributed by atoms with Gasteiger partial charge >= 0.3 is 5.97 Å². The highest BCUT2D eigenvalue weighted by atomic mass is 16.4. The summed E-state index contributed by atoms with van der Waals surface area (Å²) in [6.45, 7) is 0. The second-order valence-corrected chi connectivity index (χ2v) is 6.07. The number of anilines is 1. The molecule has 0 saturated heterocycles. The smallest absolute Gasteiger partial charge is 0.307 e. The minimum Gasteiger partial charge on any atom is -0.481 e. The number of aromatic nitrogens is 4. The van der Waals surface area contributed by atoms with E-state index in [1.807, 2.05) is 0 Å². The van der Waals surface area contributed by atoms with Crippen molar-refractivity contribution in [3.8, 4) is 0 Å². The Hall–Kier alpha value is -2.77. The Balaban J connectivity index is 1.83. The quantitative estimate of drug-likeness (QED) is 0.862. The Bertz CT molecular complexity index is 723. The molecule has 0 bridgehead atoms. The molecular weight excluding hydrogens is 310 g/mol. The van der Waals surface area contributed by atoms with E-state index in [1.165, 1.54) is 6.33 Å². The van der Waals surface area contributed by atoms with Crippen LogP contribution in [-0.4, -0.2) is 37.2 Å². The number of tetrazole rings is 1. The van der Waals surface area contributed by atoms with Crippen molar-refractivity contribution in [2.24, 2.45) is 0 Å². The average molecular weight is 329 g/mol. The summed E-state index contributed by atoms with van der Waals surface area (Å²) in [5.74, 6) is -1.07. The molecule has 0 spiro atoms. The summed E-state index contributed by atoms with van der Waals surface area (Å²) in [5, 5.41) is 23.1. The topological polar surface area (TPSA) is 110 Å². The van der Waals surface area contributed by atoms with Crippen molar-refractivity contribution in [3.05, 3.63) is 36.2 Å². The number of rotatable bonds is 5. The average Bonchev–Trinajstić information content (AvgIpc) is 3.10. The lowest BCUT2D eigenvalue weighted by atomic mass is 9.81. The van der Waals surface area contributed by atoms with Crippen molar-refractivity contribution in [1.29, 1.82) is 0 Å². The summed E-state index contributed by atoms with van der Waals surface area (Å²) in [4.78, 5) is 23.8. The summed E-state index contributed by atoms with van der Waals surface area (Å²) in [6.07, 6.45) is 5.72. The molecule has 1 aliphatic rings. The predicted molar refractivity (Wildman–Crippen MR) is 85.3 cm³/mol. The molecule has 1 aromatic heterocycles. The van der Waals surface area contributed by atoms with Gasteiger partial charge in [0.25, 0.3) is 5.91 Å². The standard InChI is InChI=1S/C16H19N5O3/c22-14(23)10-12-5-4-6-13(9-12)18-15(24)16(7-2-1-3-8-16)21-11-17-19-20-21/h4-6,9,11H,1-3,7-8,10H2,(H,18,24)(H,22,23). The zero-order valence-corrected chi connectivity index (χ0v) is 13.2. The fraction of sp³-hybridized carbons (Fsp3) is 0.438. The second kappa shape index (κ2) is 6.77. The van der Waals surface area contributed by atoms with Crippen LogP contribution < -0.4 is 5.32 Å². The summed E-state index contributed by atoms with van der Waals surface area (Å²) in [6, 6.07) is 6.89. The number of nitrogens with one attached hydrogen (secondary N) is 1. The van der Waals surface area contributed by atoms with Gasteiger partial charge in [0.2, 0.25) is 0 Å². The van der Waals surface area contributed by atoms with Crippen LogP contribution in [0.3, 0.4) is 0 Å². The number of nitrogens with zero attached hydrogens (tertiary/aromatic N) is 4. The van der Waals surface area contributed by atoms with Gasteiger partial charge in [-0.05, 0) is 41.0 Å². The van der Waals surface area contributed by atoms with Crippen molar-refractivity contribution in [2.75, 3.05) is 5.32 Å². The maximum atomic E-state index is 13.0. The molecule has 0 radical (unpaired) electrons. The lowest BCUT2D eigenvalue weighted by Gasteiger charge is -2.35. The van der Waals surface area contributed by atoms with Gasteiger partial charge < -0.3 is 10.4 Å². The lowest BCUT2D eigenvalue weighted by Crippen LogP contribution is -2.47. The zero-order chi connectivity index (χ0) is 17.0. The highest BCUT2D eigenvalue weighted by Gasteiger charge is 2.42. The molecule has 0 atom stereocenters.